The number of nitrogens with one attached hydrogen (secondary N) is 2. The normalized spacial score (nSPS) is 12.0. The number of carbonyl (C=O) groups excluding carboxylic acids is 2. The second-order valence-electron chi connectivity index (χ2n) is 6.24. The number of sulfonamides is 1. The molecule has 30 heavy (non-hydrogen) atoms. The van der Waals surface area contributed by atoms with Crippen LogP contribution in [0.1, 0.15) is 13.8 Å². The molecule has 0 saturated heterocycles. The molecule has 1 unspecified atom stereocenters. The van der Waals surface area contributed by atoms with Gasteiger partial charge in [-0.2, -0.15) is 4.72 Å². The zero-order chi connectivity index (χ0) is 22.1. The fourth-order valence-corrected chi connectivity index (χ4v) is 3.56. The Morgan fingerprint density at radius 2 is 1.57 bits per heavy atom. The summed E-state index contributed by atoms with van der Waals surface area (Å²) < 4.78 is 42.6. The minimum absolute atomic E-state index is 0.0393. The highest BCUT2D eigenvalue weighted by Crippen LogP contribution is 2.17. The molecule has 2 rings (SSSR count). The number of benzene rings is 2. The second kappa shape index (κ2) is 10.6. The molecule has 10 heteroatoms. The van der Waals surface area contributed by atoms with E-state index in [0.29, 0.717) is 17.2 Å². The predicted molar refractivity (Wildman–Crippen MR) is 110 cm³/mol. The van der Waals surface area contributed by atoms with E-state index >= 15 is 0 Å². The van der Waals surface area contributed by atoms with E-state index in [2.05, 4.69) is 10.0 Å². The van der Waals surface area contributed by atoms with E-state index in [4.69, 9.17) is 14.2 Å². The van der Waals surface area contributed by atoms with Crippen LogP contribution in [0, 0.1) is 0 Å². The highest BCUT2D eigenvalue weighted by atomic mass is 32.2. The van der Waals surface area contributed by atoms with Gasteiger partial charge in [-0.3, -0.25) is 9.59 Å². The first kappa shape index (κ1) is 23.2. The Morgan fingerprint density at radius 1 is 0.967 bits per heavy atom. The predicted octanol–water partition coefficient (Wildman–Crippen LogP) is 1.94. The fraction of sp³-hybridized carbons (Fsp3) is 0.300. The molecule has 162 valence electrons. The van der Waals surface area contributed by atoms with Crippen LogP contribution in [-0.2, 0) is 24.3 Å². The average molecular weight is 436 g/mol. The largest absolute Gasteiger partial charge is 0.497 e. The summed E-state index contributed by atoms with van der Waals surface area (Å²) in [4.78, 5) is 23.0. The summed E-state index contributed by atoms with van der Waals surface area (Å²) in [6.45, 7) is 2.81. The number of hydrogen-bond acceptors (Lipinski definition) is 7. The Bertz CT molecular complexity index is 958. The van der Waals surface area contributed by atoms with E-state index in [0.717, 1.165) is 0 Å². The number of rotatable bonds is 10. The summed E-state index contributed by atoms with van der Waals surface area (Å²) in [5.41, 5.74) is 0.464. The standard InChI is InChI=1S/C20H24N2O7S/c1-14(20(24)29-13-12-28-18-8-6-17(27-3)7-9-18)22-30(25,26)19-10-4-16(5-11-19)21-15(2)23/h4-11,14,22H,12-13H2,1-3H3,(H,21,23). The smallest absolute Gasteiger partial charge is 0.324 e. The van der Waals surface area contributed by atoms with Crippen molar-refractivity contribution in [1.82, 2.24) is 4.72 Å². The van der Waals surface area contributed by atoms with Crippen molar-refractivity contribution < 1.29 is 32.2 Å². The van der Waals surface area contributed by atoms with Gasteiger partial charge < -0.3 is 19.5 Å². The average Bonchev–Trinajstić information content (AvgIpc) is 2.71. The lowest BCUT2D eigenvalue weighted by Gasteiger charge is -2.14. The molecule has 1 amide bonds. The number of esters is 1. The van der Waals surface area contributed by atoms with Crippen molar-refractivity contribution in [1.29, 1.82) is 0 Å². The van der Waals surface area contributed by atoms with Crippen LogP contribution in [-0.4, -0.2) is 46.7 Å². The van der Waals surface area contributed by atoms with E-state index in [1.54, 1.807) is 31.4 Å². The van der Waals surface area contributed by atoms with Gasteiger partial charge in [0.25, 0.3) is 0 Å². The molecule has 0 aromatic heterocycles. The number of carbonyl (C=O) groups is 2. The maximum absolute atomic E-state index is 12.4. The molecule has 0 bridgehead atoms. The molecule has 2 N–H and O–H groups in total. The molecule has 0 heterocycles. The highest BCUT2D eigenvalue weighted by Gasteiger charge is 2.23. The Kier molecular flexibility index (Phi) is 8.19. The van der Waals surface area contributed by atoms with Gasteiger partial charge >= 0.3 is 5.97 Å². The first-order valence-electron chi connectivity index (χ1n) is 9.05. The monoisotopic (exact) mass is 436 g/mol. The highest BCUT2D eigenvalue weighted by molar-refractivity contribution is 7.89. The third-order valence-corrected chi connectivity index (χ3v) is 5.38. The van der Waals surface area contributed by atoms with Crippen molar-refractivity contribution in [2.45, 2.75) is 24.8 Å². The lowest BCUT2D eigenvalue weighted by Crippen LogP contribution is -2.39. The van der Waals surface area contributed by atoms with E-state index in [1.807, 2.05) is 0 Å². The van der Waals surface area contributed by atoms with Crippen LogP contribution in [0.5, 0.6) is 11.5 Å². The van der Waals surface area contributed by atoms with Crippen LogP contribution >= 0.6 is 0 Å². The van der Waals surface area contributed by atoms with Crippen molar-refractivity contribution >= 4 is 27.6 Å². The zero-order valence-electron chi connectivity index (χ0n) is 16.9. The van der Waals surface area contributed by atoms with Crippen LogP contribution in [0.2, 0.25) is 0 Å². The quantitative estimate of drug-likeness (QED) is 0.431. The molecular weight excluding hydrogens is 412 g/mol. The topological polar surface area (TPSA) is 120 Å². The Labute approximate surface area is 175 Å². The van der Waals surface area contributed by atoms with Gasteiger partial charge in [0.2, 0.25) is 15.9 Å². The van der Waals surface area contributed by atoms with Crippen LogP contribution in [0.15, 0.2) is 53.4 Å². The van der Waals surface area contributed by atoms with E-state index in [1.165, 1.54) is 38.1 Å². The molecule has 0 aliphatic rings. The molecule has 0 fully saturated rings. The summed E-state index contributed by atoms with van der Waals surface area (Å²) in [6, 6.07) is 11.4. The van der Waals surface area contributed by atoms with E-state index in [-0.39, 0.29) is 24.0 Å². The fourth-order valence-electron chi connectivity index (χ4n) is 2.37. The summed E-state index contributed by atoms with van der Waals surface area (Å²) in [5.74, 6) is 0.283. The SMILES string of the molecule is COc1ccc(OCCOC(=O)C(C)NS(=O)(=O)c2ccc(NC(C)=O)cc2)cc1. The minimum Gasteiger partial charge on any atom is -0.497 e. The molecule has 0 saturated carbocycles. The van der Waals surface area contributed by atoms with Crippen molar-refractivity contribution in [2.24, 2.45) is 0 Å². The number of methoxy groups -OCH3 is 1. The third kappa shape index (κ3) is 7.05. The maximum atomic E-state index is 12.4. The summed E-state index contributed by atoms with van der Waals surface area (Å²) in [5, 5.41) is 2.54. The van der Waals surface area contributed by atoms with Crippen molar-refractivity contribution in [3.8, 4) is 11.5 Å². The number of amides is 1. The Hall–Kier alpha value is -3.11. The molecule has 0 radical (unpaired) electrons. The second-order valence-corrected chi connectivity index (χ2v) is 7.95. The van der Waals surface area contributed by atoms with Crippen LogP contribution in [0.25, 0.3) is 0 Å². The molecule has 2 aromatic carbocycles. The van der Waals surface area contributed by atoms with Crippen molar-refractivity contribution in [3.05, 3.63) is 48.5 Å². The summed E-state index contributed by atoms with van der Waals surface area (Å²) in [7, 11) is -2.38. The van der Waals surface area contributed by atoms with Gasteiger partial charge in [-0.15, -0.1) is 0 Å². The maximum Gasteiger partial charge on any atom is 0.324 e. The van der Waals surface area contributed by atoms with Gasteiger partial charge in [0.1, 0.15) is 30.8 Å². The lowest BCUT2D eigenvalue weighted by molar-refractivity contribution is -0.145. The van der Waals surface area contributed by atoms with Crippen LogP contribution in [0.4, 0.5) is 5.69 Å². The molecule has 9 nitrogen and oxygen atoms in total. The molecule has 0 spiro atoms. The van der Waals surface area contributed by atoms with Gasteiger partial charge in [-0.05, 0) is 55.5 Å². The molecule has 0 aliphatic carbocycles. The molecule has 2 aromatic rings. The molecular formula is C20H24N2O7S. The zero-order valence-corrected chi connectivity index (χ0v) is 17.7. The summed E-state index contributed by atoms with van der Waals surface area (Å²) >= 11 is 0. The summed E-state index contributed by atoms with van der Waals surface area (Å²) in [6.07, 6.45) is 0. The Morgan fingerprint density at radius 3 is 2.13 bits per heavy atom. The first-order valence-corrected chi connectivity index (χ1v) is 10.5. The van der Waals surface area contributed by atoms with E-state index in [9.17, 15) is 18.0 Å². The number of anilines is 1. The third-order valence-electron chi connectivity index (χ3n) is 3.83. The molecule has 0 aliphatic heterocycles. The Balaban J connectivity index is 1.81. The van der Waals surface area contributed by atoms with Gasteiger partial charge in [0.05, 0.1) is 12.0 Å². The van der Waals surface area contributed by atoms with Gasteiger partial charge in [0, 0.05) is 12.6 Å². The van der Waals surface area contributed by atoms with Crippen molar-refractivity contribution in [3.63, 3.8) is 0 Å². The van der Waals surface area contributed by atoms with Gasteiger partial charge in [-0.25, -0.2) is 8.42 Å². The first-order chi connectivity index (χ1) is 14.2. The van der Waals surface area contributed by atoms with Crippen molar-refractivity contribution in [2.75, 3.05) is 25.6 Å². The van der Waals surface area contributed by atoms with Crippen LogP contribution < -0.4 is 19.5 Å². The van der Waals surface area contributed by atoms with Crippen LogP contribution in [0.3, 0.4) is 0 Å². The van der Waals surface area contributed by atoms with Gasteiger partial charge in [-0.1, -0.05) is 0 Å². The van der Waals surface area contributed by atoms with E-state index < -0.39 is 22.0 Å². The molecule has 1 atom stereocenters. The van der Waals surface area contributed by atoms with Gasteiger partial charge in [0.15, 0.2) is 0 Å². The lowest BCUT2D eigenvalue weighted by atomic mass is 10.3. The number of ether oxygens (including phenoxy) is 3. The number of hydrogen-bond donors (Lipinski definition) is 2. The minimum atomic E-state index is -3.94.